The molecular weight excluding hydrogens is 268 g/mol. The predicted molar refractivity (Wildman–Crippen MR) is 86.2 cm³/mol. The van der Waals surface area contributed by atoms with Gasteiger partial charge >= 0.3 is 0 Å². The van der Waals surface area contributed by atoms with Crippen molar-refractivity contribution < 1.29 is 9.59 Å². The molecular formula is C15H32N4O2. The second-order valence-electron chi connectivity index (χ2n) is 5.23. The highest BCUT2D eigenvalue weighted by atomic mass is 16.1. The highest BCUT2D eigenvalue weighted by molar-refractivity contribution is 5.72. The van der Waals surface area contributed by atoms with Gasteiger partial charge in [0, 0.05) is 26.9 Å². The summed E-state index contributed by atoms with van der Waals surface area (Å²) in [5.41, 5.74) is 0. The lowest BCUT2D eigenvalue weighted by Gasteiger charge is -2.06. The van der Waals surface area contributed by atoms with Gasteiger partial charge in [-0.05, 0) is 51.9 Å². The van der Waals surface area contributed by atoms with Gasteiger partial charge < -0.3 is 21.3 Å². The minimum Gasteiger partial charge on any atom is -0.356 e. The van der Waals surface area contributed by atoms with Crippen LogP contribution in [0.15, 0.2) is 0 Å². The van der Waals surface area contributed by atoms with Crippen LogP contribution in [-0.4, -0.2) is 51.1 Å². The number of rotatable bonds is 14. The Hall–Kier alpha value is -1.14. The van der Waals surface area contributed by atoms with Crippen molar-refractivity contribution in [3.8, 4) is 0 Å². The van der Waals surface area contributed by atoms with Crippen LogP contribution in [0, 0.1) is 0 Å². The van der Waals surface area contributed by atoms with Crippen LogP contribution < -0.4 is 21.3 Å². The maximum atomic E-state index is 10.6. The number of amides is 2. The number of hydrogen-bond acceptors (Lipinski definition) is 4. The van der Waals surface area contributed by atoms with Crippen molar-refractivity contribution in [3.63, 3.8) is 0 Å². The van der Waals surface area contributed by atoms with E-state index in [4.69, 9.17) is 0 Å². The van der Waals surface area contributed by atoms with E-state index in [0.717, 1.165) is 52.1 Å². The van der Waals surface area contributed by atoms with Crippen molar-refractivity contribution in [2.75, 3.05) is 39.3 Å². The van der Waals surface area contributed by atoms with E-state index >= 15 is 0 Å². The first-order valence-electron chi connectivity index (χ1n) is 8.03. The topological polar surface area (TPSA) is 82.3 Å². The summed E-state index contributed by atoms with van der Waals surface area (Å²) in [5, 5.41) is 12.3. The van der Waals surface area contributed by atoms with Crippen LogP contribution in [0.2, 0.25) is 0 Å². The van der Waals surface area contributed by atoms with Gasteiger partial charge in [-0.1, -0.05) is 6.42 Å². The number of carbonyl (C=O) groups is 2. The molecule has 0 aliphatic rings. The molecule has 6 nitrogen and oxygen atoms in total. The van der Waals surface area contributed by atoms with Crippen LogP contribution in [0.25, 0.3) is 0 Å². The van der Waals surface area contributed by atoms with Gasteiger partial charge in [-0.3, -0.25) is 9.59 Å². The Morgan fingerprint density at radius 2 is 0.952 bits per heavy atom. The fourth-order valence-corrected chi connectivity index (χ4v) is 1.88. The molecule has 6 heteroatoms. The summed E-state index contributed by atoms with van der Waals surface area (Å²) in [6.45, 7) is 8.60. The van der Waals surface area contributed by atoms with Crippen LogP contribution in [-0.2, 0) is 9.59 Å². The Kier molecular flexibility index (Phi) is 14.4. The third-order valence-electron chi connectivity index (χ3n) is 3.02. The van der Waals surface area contributed by atoms with E-state index < -0.39 is 0 Å². The Labute approximate surface area is 128 Å². The van der Waals surface area contributed by atoms with Crippen LogP contribution in [0.4, 0.5) is 0 Å². The van der Waals surface area contributed by atoms with Gasteiger partial charge in [0.1, 0.15) is 0 Å². The summed E-state index contributed by atoms with van der Waals surface area (Å²) in [4.78, 5) is 21.3. The lowest BCUT2D eigenvalue weighted by atomic mass is 10.2. The van der Waals surface area contributed by atoms with Crippen molar-refractivity contribution in [2.24, 2.45) is 0 Å². The first-order chi connectivity index (χ1) is 10.1. The molecule has 0 unspecified atom stereocenters. The molecule has 0 spiro atoms. The zero-order valence-electron chi connectivity index (χ0n) is 13.6. The molecule has 0 saturated carbocycles. The van der Waals surface area contributed by atoms with E-state index in [0.29, 0.717) is 0 Å². The van der Waals surface area contributed by atoms with Gasteiger partial charge in [0.05, 0.1) is 0 Å². The molecule has 0 aromatic heterocycles. The molecule has 124 valence electrons. The lowest BCUT2D eigenvalue weighted by Crippen LogP contribution is -2.26. The molecule has 0 aliphatic heterocycles. The van der Waals surface area contributed by atoms with E-state index in [-0.39, 0.29) is 11.8 Å². The molecule has 0 aromatic carbocycles. The molecule has 0 rings (SSSR count). The van der Waals surface area contributed by atoms with E-state index in [9.17, 15) is 9.59 Å². The molecule has 0 heterocycles. The summed E-state index contributed by atoms with van der Waals surface area (Å²) in [7, 11) is 0. The van der Waals surface area contributed by atoms with E-state index in [1.54, 1.807) is 13.8 Å². The minimum absolute atomic E-state index is 0.0413. The number of unbranched alkanes of at least 4 members (excludes halogenated alkanes) is 2. The second-order valence-corrected chi connectivity index (χ2v) is 5.23. The standard InChI is InChI=1S/C15H32N4O2/c1-14(20)18-12-6-10-16-8-4-3-5-9-17-11-7-13-19-15(2)21/h16-17H,3-13H2,1-2H3,(H,18,20)(H,19,21). The lowest BCUT2D eigenvalue weighted by molar-refractivity contribution is -0.119. The third-order valence-corrected chi connectivity index (χ3v) is 3.02. The maximum Gasteiger partial charge on any atom is 0.216 e. The molecule has 0 aliphatic carbocycles. The SMILES string of the molecule is CC(=O)NCCCNCCCCCNCCCNC(C)=O. The fourth-order valence-electron chi connectivity index (χ4n) is 1.88. The fraction of sp³-hybridized carbons (Fsp3) is 0.867. The Morgan fingerprint density at radius 1 is 0.571 bits per heavy atom. The largest absolute Gasteiger partial charge is 0.356 e. The molecule has 0 aromatic rings. The molecule has 0 radical (unpaired) electrons. The Morgan fingerprint density at radius 3 is 1.33 bits per heavy atom. The molecule has 21 heavy (non-hydrogen) atoms. The van der Waals surface area contributed by atoms with Gasteiger partial charge in [0.15, 0.2) is 0 Å². The van der Waals surface area contributed by atoms with Gasteiger partial charge in [0.25, 0.3) is 0 Å². The summed E-state index contributed by atoms with van der Waals surface area (Å²) >= 11 is 0. The molecule has 0 bridgehead atoms. The highest BCUT2D eigenvalue weighted by Gasteiger charge is 1.93. The normalized spacial score (nSPS) is 10.4. The smallest absolute Gasteiger partial charge is 0.216 e. The van der Waals surface area contributed by atoms with Crippen LogP contribution >= 0.6 is 0 Å². The molecule has 4 N–H and O–H groups in total. The number of nitrogens with one attached hydrogen (secondary N) is 4. The van der Waals surface area contributed by atoms with Gasteiger partial charge in [-0.15, -0.1) is 0 Å². The van der Waals surface area contributed by atoms with Crippen molar-refractivity contribution in [2.45, 2.75) is 46.0 Å². The minimum atomic E-state index is 0.0413. The monoisotopic (exact) mass is 300 g/mol. The van der Waals surface area contributed by atoms with Gasteiger partial charge in [-0.25, -0.2) is 0 Å². The summed E-state index contributed by atoms with van der Waals surface area (Å²) < 4.78 is 0. The first-order valence-corrected chi connectivity index (χ1v) is 8.03. The maximum absolute atomic E-state index is 10.6. The number of carbonyl (C=O) groups excluding carboxylic acids is 2. The second kappa shape index (κ2) is 15.3. The average Bonchev–Trinajstić information content (AvgIpc) is 2.42. The van der Waals surface area contributed by atoms with Crippen molar-refractivity contribution in [3.05, 3.63) is 0 Å². The quantitative estimate of drug-likeness (QED) is 0.350. The van der Waals surface area contributed by atoms with E-state index in [1.807, 2.05) is 0 Å². The van der Waals surface area contributed by atoms with Crippen molar-refractivity contribution >= 4 is 11.8 Å². The molecule has 0 atom stereocenters. The van der Waals surface area contributed by atoms with Crippen molar-refractivity contribution in [1.82, 2.24) is 21.3 Å². The van der Waals surface area contributed by atoms with Crippen LogP contribution in [0.5, 0.6) is 0 Å². The van der Waals surface area contributed by atoms with Gasteiger partial charge in [0.2, 0.25) is 11.8 Å². The number of hydrogen-bond donors (Lipinski definition) is 4. The summed E-state index contributed by atoms with van der Waals surface area (Å²) in [6.07, 6.45) is 5.56. The molecule has 2 amide bonds. The average molecular weight is 300 g/mol. The Bertz CT molecular complexity index is 246. The highest BCUT2D eigenvalue weighted by Crippen LogP contribution is 1.92. The van der Waals surface area contributed by atoms with Gasteiger partial charge in [-0.2, -0.15) is 0 Å². The van der Waals surface area contributed by atoms with Crippen molar-refractivity contribution in [1.29, 1.82) is 0 Å². The van der Waals surface area contributed by atoms with Crippen LogP contribution in [0.3, 0.4) is 0 Å². The molecule has 0 saturated heterocycles. The first kappa shape index (κ1) is 19.9. The van der Waals surface area contributed by atoms with E-state index in [1.165, 1.54) is 19.3 Å². The zero-order valence-corrected chi connectivity index (χ0v) is 13.6. The predicted octanol–water partition coefficient (Wildman–Crippen LogP) is 0.388. The third kappa shape index (κ3) is 18.9. The molecule has 0 fully saturated rings. The Balaban J connectivity index is 2.99. The summed E-state index contributed by atoms with van der Waals surface area (Å²) in [6, 6.07) is 0. The van der Waals surface area contributed by atoms with E-state index in [2.05, 4.69) is 21.3 Å². The van der Waals surface area contributed by atoms with Crippen LogP contribution in [0.1, 0.15) is 46.0 Å². The zero-order chi connectivity index (χ0) is 15.8. The summed E-state index contributed by atoms with van der Waals surface area (Å²) in [5.74, 6) is 0.0825.